The second-order valence-corrected chi connectivity index (χ2v) is 3.64. The van der Waals surface area contributed by atoms with Gasteiger partial charge >= 0.3 is 0 Å². The molecule has 1 aromatic heterocycles. The summed E-state index contributed by atoms with van der Waals surface area (Å²) in [5.74, 6) is 0. The van der Waals surface area contributed by atoms with Crippen molar-refractivity contribution >= 4 is 17.0 Å². The largest absolute Gasteiger partial charge is 0.339 e. The molecule has 0 saturated heterocycles. The number of amides is 1. The van der Waals surface area contributed by atoms with E-state index < -0.39 is 0 Å². The second-order valence-electron chi connectivity index (χ2n) is 2.61. The highest BCUT2D eigenvalue weighted by Gasteiger charge is 2.07. The summed E-state index contributed by atoms with van der Waals surface area (Å²) in [6.07, 6.45) is 3.48. The van der Waals surface area contributed by atoms with Crippen LogP contribution in [0.3, 0.4) is 0 Å². The molecule has 0 saturated carbocycles. The molecule has 0 atom stereocenters. The molecule has 0 spiro atoms. The van der Waals surface area contributed by atoms with Gasteiger partial charge < -0.3 is 4.90 Å². The van der Waals surface area contributed by atoms with Crippen LogP contribution in [0.1, 0.15) is 0 Å². The van der Waals surface area contributed by atoms with E-state index >= 15 is 0 Å². The molecule has 66 valence electrons. The molecular formula is C7H11N3OS. The summed E-state index contributed by atoms with van der Waals surface area (Å²) in [7, 11) is 5.28. The van der Waals surface area contributed by atoms with Crippen LogP contribution in [-0.2, 0) is 7.05 Å². The van der Waals surface area contributed by atoms with Crippen LogP contribution in [0.25, 0.3) is 0 Å². The van der Waals surface area contributed by atoms with E-state index in [1.165, 1.54) is 16.7 Å². The highest BCUT2D eigenvalue weighted by molar-refractivity contribution is 8.13. The maximum absolute atomic E-state index is 11.2. The van der Waals surface area contributed by atoms with Gasteiger partial charge in [0.05, 0.1) is 11.1 Å². The number of nitrogens with zero attached hydrogens (tertiary/aromatic N) is 3. The summed E-state index contributed by atoms with van der Waals surface area (Å²) in [6, 6.07) is 0. The first-order chi connectivity index (χ1) is 5.59. The highest BCUT2D eigenvalue weighted by atomic mass is 32.2. The number of aryl methyl sites for hydroxylation is 1. The lowest BCUT2D eigenvalue weighted by Gasteiger charge is -2.06. The fourth-order valence-corrected chi connectivity index (χ4v) is 1.33. The van der Waals surface area contributed by atoms with Gasteiger partial charge in [0.1, 0.15) is 0 Å². The Morgan fingerprint density at radius 3 is 2.75 bits per heavy atom. The standard InChI is InChI=1S/C7H11N3OS/c1-9(2)7(11)12-6-4-8-10(3)5-6/h4-5H,1-3H3. The summed E-state index contributed by atoms with van der Waals surface area (Å²) < 4.78 is 1.67. The van der Waals surface area contributed by atoms with Crippen LogP contribution in [0, 0.1) is 0 Å². The molecule has 0 aromatic carbocycles. The predicted molar refractivity (Wildman–Crippen MR) is 48.1 cm³/mol. The smallest absolute Gasteiger partial charge is 0.286 e. The van der Waals surface area contributed by atoms with Gasteiger partial charge in [0.2, 0.25) is 0 Å². The second kappa shape index (κ2) is 3.62. The number of rotatable bonds is 1. The molecule has 0 aliphatic carbocycles. The lowest BCUT2D eigenvalue weighted by Crippen LogP contribution is -2.15. The first-order valence-corrected chi connectivity index (χ1v) is 4.29. The van der Waals surface area contributed by atoms with Crippen molar-refractivity contribution in [1.82, 2.24) is 14.7 Å². The Morgan fingerprint density at radius 1 is 1.67 bits per heavy atom. The van der Waals surface area contributed by atoms with E-state index in [-0.39, 0.29) is 5.24 Å². The van der Waals surface area contributed by atoms with Crippen molar-refractivity contribution < 1.29 is 4.79 Å². The number of hydrogen-bond acceptors (Lipinski definition) is 3. The molecule has 4 nitrogen and oxygen atoms in total. The topological polar surface area (TPSA) is 38.1 Å². The van der Waals surface area contributed by atoms with Gasteiger partial charge in [-0.3, -0.25) is 9.48 Å². The molecule has 0 aliphatic rings. The summed E-state index contributed by atoms with van der Waals surface area (Å²) in [5, 5.41) is 3.97. The minimum atomic E-state index is 0.0167. The molecule has 0 bridgehead atoms. The fraction of sp³-hybridized carbons (Fsp3) is 0.429. The Hall–Kier alpha value is -0.970. The third-order valence-corrected chi connectivity index (χ3v) is 2.24. The lowest BCUT2D eigenvalue weighted by molar-refractivity contribution is 0.241. The van der Waals surface area contributed by atoms with Crippen LogP contribution >= 0.6 is 11.8 Å². The molecule has 1 aromatic rings. The Morgan fingerprint density at radius 2 is 2.33 bits per heavy atom. The van der Waals surface area contributed by atoms with Gasteiger partial charge in [0.25, 0.3) is 5.24 Å². The van der Waals surface area contributed by atoms with E-state index in [9.17, 15) is 4.79 Å². The number of aromatic nitrogens is 2. The molecule has 0 radical (unpaired) electrons. The minimum Gasteiger partial charge on any atom is -0.339 e. The molecule has 0 unspecified atom stereocenters. The van der Waals surface area contributed by atoms with Gasteiger partial charge in [-0.15, -0.1) is 0 Å². The molecule has 0 aliphatic heterocycles. The van der Waals surface area contributed by atoms with Crippen LogP contribution in [0.4, 0.5) is 4.79 Å². The average Bonchev–Trinajstić information content (AvgIpc) is 2.35. The summed E-state index contributed by atoms with van der Waals surface area (Å²) in [5.41, 5.74) is 0. The number of carbonyl (C=O) groups is 1. The molecular weight excluding hydrogens is 174 g/mol. The Kier molecular flexibility index (Phi) is 2.75. The molecule has 1 rings (SSSR count). The quantitative estimate of drug-likeness (QED) is 0.617. The van der Waals surface area contributed by atoms with Crippen molar-refractivity contribution in [2.45, 2.75) is 4.90 Å². The van der Waals surface area contributed by atoms with Crippen molar-refractivity contribution in [1.29, 1.82) is 0 Å². The van der Waals surface area contributed by atoms with E-state index in [1.807, 2.05) is 13.2 Å². The Balaban J connectivity index is 2.58. The van der Waals surface area contributed by atoms with Crippen LogP contribution in [-0.4, -0.2) is 34.0 Å². The van der Waals surface area contributed by atoms with Gasteiger partial charge in [-0.1, -0.05) is 0 Å². The van der Waals surface area contributed by atoms with Crippen LogP contribution in [0.5, 0.6) is 0 Å². The van der Waals surface area contributed by atoms with Crippen LogP contribution < -0.4 is 0 Å². The van der Waals surface area contributed by atoms with Crippen molar-refractivity contribution in [3.05, 3.63) is 12.4 Å². The van der Waals surface area contributed by atoms with E-state index in [1.54, 1.807) is 25.0 Å². The third kappa shape index (κ3) is 2.27. The fourth-order valence-electron chi connectivity index (χ4n) is 0.644. The van der Waals surface area contributed by atoms with Gasteiger partial charge in [-0.25, -0.2) is 0 Å². The molecule has 12 heavy (non-hydrogen) atoms. The molecule has 0 fully saturated rings. The summed E-state index contributed by atoms with van der Waals surface area (Å²) >= 11 is 1.18. The van der Waals surface area contributed by atoms with Crippen molar-refractivity contribution in [3.8, 4) is 0 Å². The van der Waals surface area contributed by atoms with E-state index in [0.29, 0.717) is 0 Å². The van der Waals surface area contributed by atoms with Gasteiger partial charge in [-0.05, 0) is 11.8 Å². The average molecular weight is 185 g/mol. The van der Waals surface area contributed by atoms with E-state index in [0.717, 1.165) is 4.90 Å². The third-order valence-electron chi connectivity index (χ3n) is 1.25. The van der Waals surface area contributed by atoms with Crippen LogP contribution in [0.2, 0.25) is 0 Å². The maximum atomic E-state index is 11.2. The highest BCUT2D eigenvalue weighted by Crippen LogP contribution is 2.18. The molecule has 1 amide bonds. The first kappa shape index (κ1) is 9.12. The SMILES string of the molecule is CN(C)C(=O)Sc1cnn(C)c1. The van der Waals surface area contributed by atoms with Crippen molar-refractivity contribution in [2.75, 3.05) is 14.1 Å². The monoisotopic (exact) mass is 185 g/mol. The normalized spacial score (nSPS) is 9.92. The van der Waals surface area contributed by atoms with Crippen molar-refractivity contribution in [3.63, 3.8) is 0 Å². The molecule has 0 N–H and O–H groups in total. The van der Waals surface area contributed by atoms with Crippen LogP contribution in [0.15, 0.2) is 17.3 Å². The predicted octanol–water partition coefficient (Wildman–Crippen LogP) is 1.19. The van der Waals surface area contributed by atoms with Gasteiger partial charge in [-0.2, -0.15) is 5.10 Å². The zero-order valence-electron chi connectivity index (χ0n) is 7.31. The Labute approximate surface area is 75.5 Å². The van der Waals surface area contributed by atoms with Gasteiger partial charge in [0, 0.05) is 27.3 Å². The van der Waals surface area contributed by atoms with E-state index in [2.05, 4.69) is 5.10 Å². The maximum Gasteiger partial charge on any atom is 0.286 e. The summed E-state index contributed by atoms with van der Waals surface area (Å²) in [6.45, 7) is 0. The zero-order valence-corrected chi connectivity index (χ0v) is 8.13. The van der Waals surface area contributed by atoms with Crippen molar-refractivity contribution in [2.24, 2.45) is 7.05 Å². The zero-order chi connectivity index (χ0) is 9.14. The first-order valence-electron chi connectivity index (χ1n) is 3.47. The lowest BCUT2D eigenvalue weighted by atomic mass is 10.7. The molecule has 5 heteroatoms. The number of thioether (sulfide) groups is 1. The number of hydrogen-bond donors (Lipinski definition) is 0. The van der Waals surface area contributed by atoms with E-state index in [4.69, 9.17) is 0 Å². The Bertz CT molecular complexity index is 282. The summed E-state index contributed by atoms with van der Waals surface area (Å²) in [4.78, 5) is 13.6. The minimum absolute atomic E-state index is 0.0167. The van der Waals surface area contributed by atoms with Gasteiger partial charge in [0.15, 0.2) is 0 Å². The number of carbonyl (C=O) groups excluding carboxylic acids is 1. The molecule has 1 heterocycles.